The predicted molar refractivity (Wildman–Crippen MR) is 68.0 cm³/mol. The number of nitrogens with one attached hydrogen (secondary N) is 2. The first-order chi connectivity index (χ1) is 9.02. The Morgan fingerprint density at radius 2 is 2.37 bits per heavy atom. The molecule has 2 heterocycles. The Hall–Kier alpha value is -2.64. The van der Waals surface area contributed by atoms with Crippen LogP contribution >= 0.6 is 0 Å². The van der Waals surface area contributed by atoms with Crippen LogP contribution in [0.2, 0.25) is 0 Å². The van der Waals surface area contributed by atoms with Gasteiger partial charge in [-0.1, -0.05) is 0 Å². The Balaban J connectivity index is 2.28. The molecule has 8 heteroatoms. The fourth-order valence-electron chi connectivity index (χ4n) is 1.70. The number of hydrogen-bond donors (Lipinski definition) is 2. The third-order valence-electron chi connectivity index (χ3n) is 2.73. The molecule has 0 bridgehead atoms. The van der Waals surface area contributed by atoms with Crippen LogP contribution in [0.3, 0.4) is 0 Å². The summed E-state index contributed by atoms with van der Waals surface area (Å²) in [6, 6.07) is 1.25. The fourth-order valence-corrected chi connectivity index (χ4v) is 1.70. The number of aromatic amines is 1. The second-order valence-electron chi connectivity index (χ2n) is 4.01. The second-order valence-corrected chi connectivity index (χ2v) is 4.01. The molecule has 0 radical (unpaired) electrons. The summed E-state index contributed by atoms with van der Waals surface area (Å²) in [5, 5.41) is 19.8. The van der Waals surface area contributed by atoms with Crippen molar-refractivity contribution in [2.45, 2.75) is 20.4 Å². The van der Waals surface area contributed by atoms with Crippen molar-refractivity contribution in [1.29, 1.82) is 0 Å². The summed E-state index contributed by atoms with van der Waals surface area (Å²) in [5.74, 6) is 0.0683. The lowest BCUT2D eigenvalue weighted by molar-refractivity contribution is -0.384. The van der Waals surface area contributed by atoms with Crippen molar-refractivity contribution in [2.24, 2.45) is 0 Å². The van der Waals surface area contributed by atoms with Crippen molar-refractivity contribution in [1.82, 2.24) is 14.8 Å². The molecule has 0 spiro atoms. The van der Waals surface area contributed by atoms with Gasteiger partial charge in [-0.15, -0.1) is 0 Å². The lowest BCUT2D eigenvalue weighted by Gasteiger charge is -2.06. The average molecular weight is 263 g/mol. The fraction of sp³-hybridized carbons (Fsp3) is 0.273. The molecule has 2 aromatic heterocycles. The van der Waals surface area contributed by atoms with Gasteiger partial charge in [-0.05, 0) is 13.8 Å². The van der Waals surface area contributed by atoms with Gasteiger partial charge in [-0.25, -0.2) is 0 Å². The second kappa shape index (κ2) is 4.92. The van der Waals surface area contributed by atoms with Crippen LogP contribution in [0.15, 0.2) is 18.5 Å². The van der Waals surface area contributed by atoms with Crippen LogP contribution in [0, 0.1) is 17.0 Å². The molecule has 0 aliphatic rings. The molecular weight excluding hydrogens is 250 g/mol. The molecule has 0 aliphatic carbocycles. The highest BCUT2D eigenvalue weighted by Gasteiger charge is 2.19. The van der Waals surface area contributed by atoms with Crippen molar-refractivity contribution >= 4 is 17.4 Å². The first-order valence-electron chi connectivity index (χ1n) is 5.68. The minimum atomic E-state index is -0.523. The van der Waals surface area contributed by atoms with Crippen LogP contribution in [0.4, 0.5) is 11.5 Å². The van der Waals surface area contributed by atoms with Gasteiger partial charge in [0.05, 0.1) is 17.3 Å². The molecule has 0 aromatic carbocycles. The van der Waals surface area contributed by atoms with Gasteiger partial charge >= 0.3 is 0 Å². The Morgan fingerprint density at radius 1 is 1.63 bits per heavy atom. The van der Waals surface area contributed by atoms with E-state index < -0.39 is 10.8 Å². The normalized spacial score (nSPS) is 10.4. The number of carbonyl (C=O) groups excluding carboxylic acids is 1. The maximum Gasteiger partial charge on any atom is 0.287 e. The highest BCUT2D eigenvalue weighted by Crippen LogP contribution is 2.18. The van der Waals surface area contributed by atoms with Gasteiger partial charge in [0.2, 0.25) is 0 Å². The van der Waals surface area contributed by atoms with Crippen LogP contribution in [-0.4, -0.2) is 25.6 Å². The number of aryl methyl sites for hydroxylation is 2. The molecule has 0 saturated carbocycles. The standard InChI is InChI=1S/C11H13N5O3/c1-3-15-6-8(16(18)19)4-9(15)11(17)13-10-7(2)5-12-14-10/h4-6H,3H2,1-2H3,(H2,12,13,14,17). The van der Waals surface area contributed by atoms with Crippen LogP contribution < -0.4 is 5.32 Å². The monoisotopic (exact) mass is 263 g/mol. The Morgan fingerprint density at radius 3 is 2.89 bits per heavy atom. The van der Waals surface area contributed by atoms with Gasteiger partial charge in [0.1, 0.15) is 11.5 Å². The van der Waals surface area contributed by atoms with E-state index in [1.807, 2.05) is 6.92 Å². The van der Waals surface area contributed by atoms with E-state index in [0.717, 1.165) is 5.56 Å². The number of H-pyrrole nitrogens is 1. The Bertz CT molecular complexity index is 628. The summed E-state index contributed by atoms with van der Waals surface area (Å²) >= 11 is 0. The van der Waals surface area contributed by atoms with Crippen molar-refractivity contribution in [3.63, 3.8) is 0 Å². The van der Waals surface area contributed by atoms with Gasteiger partial charge in [0.15, 0.2) is 0 Å². The number of anilines is 1. The Kier molecular flexibility index (Phi) is 3.32. The molecule has 0 saturated heterocycles. The lowest BCUT2D eigenvalue weighted by atomic mass is 10.3. The van der Waals surface area contributed by atoms with E-state index in [4.69, 9.17) is 0 Å². The quantitative estimate of drug-likeness (QED) is 0.646. The molecule has 19 heavy (non-hydrogen) atoms. The molecule has 100 valence electrons. The van der Waals surface area contributed by atoms with Crippen LogP contribution in [0.25, 0.3) is 0 Å². The maximum absolute atomic E-state index is 12.1. The zero-order chi connectivity index (χ0) is 14.0. The number of rotatable bonds is 4. The molecule has 0 atom stereocenters. The van der Waals surface area contributed by atoms with Crippen molar-refractivity contribution < 1.29 is 9.72 Å². The number of amides is 1. The van der Waals surface area contributed by atoms with E-state index in [1.165, 1.54) is 16.8 Å². The third kappa shape index (κ3) is 2.46. The van der Waals surface area contributed by atoms with E-state index in [2.05, 4.69) is 15.5 Å². The van der Waals surface area contributed by atoms with Gasteiger partial charge in [-0.3, -0.25) is 20.0 Å². The number of nitrogens with zero attached hydrogens (tertiary/aromatic N) is 3. The molecule has 0 fully saturated rings. The minimum absolute atomic E-state index is 0.103. The number of hydrogen-bond acceptors (Lipinski definition) is 4. The SMILES string of the molecule is CCn1cc([N+](=O)[O-])cc1C(=O)Nc1[nH]ncc1C. The van der Waals surface area contributed by atoms with Gasteiger partial charge < -0.3 is 9.88 Å². The molecule has 2 rings (SSSR count). The summed E-state index contributed by atoms with van der Waals surface area (Å²) in [4.78, 5) is 22.3. The highest BCUT2D eigenvalue weighted by molar-refractivity contribution is 6.03. The highest BCUT2D eigenvalue weighted by atomic mass is 16.6. The molecule has 2 aromatic rings. The first kappa shape index (κ1) is 12.8. The van der Waals surface area contributed by atoms with Gasteiger partial charge in [0.25, 0.3) is 11.6 Å². The van der Waals surface area contributed by atoms with Crippen LogP contribution in [-0.2, 0) is 6.54 Å². The van der Waals surface area contributed by atoms with Gasteiger partial charge in [0, 0.05) is 18.2 Å². The zero-order valence-corrected chi connectivity index (χ0v) is 10.5. The first-order valence-corrected chi connectivity index (χ1v) is 5.68. The smallest absolute Gasteiger partial charge is 0.287 e. The minimum Gasteiger partial charge on any atom is -0.337 e. The molecule has 0 unspecified atom stereocenters. The van der Waals surface area contributed by atoms with Crippen LogP contribution in [0.1, 0.15) is 23.0 Å². The van der Waals surface area contributed by atoms with Crippen molar-refractivity contribution in [2.75, 3.05) is 5.32 Å². The predicted octanol–water partition coefficient (Wildman–Crippen LogP) is 1.70. The van der Waals surface area contributed by atoms with E-state index in [-0.39, 0.29) is 11.4 Å². The number of aromatic nitrogens is 3. The summed E-state index contributed by atoms with van der Waals surface area (Å²) in [6.45, 7) is 4.07. The Labute approximate surface area is 108 Å². The van der Waals surface area contributed by atoms with E-state index in [0.29, 0.717) is 12.4 Å². The number of nitro groups is 1. The largest absolute Gasteiger partial charge is 0.337 e. The maximum atomic E-state index is 12.1. The molecular formula is C11H13N5O3. The summed E-state index contributed by atoms with van der Waals surface area (Å²) in [5.41, 5.74) is 0.925. The average Bonchev–Trinajstić information content (AvgIpc) is 2.96. The summed E-state index contributed by atoms with van der Waals surface area (Å²) < 4.78 is 1.53. The number of carbonyl (C=O) groups is 1. The molecule has 0 aliphatic heterocycles. The summed E-state index contributed by atoms with van der Waals surface area (Å²) in [7, 11) is 0. The van der Waals surface area contributed by atoms with Crippen molar-refractivity contribution in [3.8, 4) is 0 Å². The zero-order valence-electron chi connectivity index (χ0n) is 10.5. The third-order valence-corrected chi connectivity index (χ3v) is 2.73. The van der Waals surface area contributed by atoms with E-state index >= 15 is 0 Å². The summed E-state index contributed by atoms with van der Waals surface area (Å²) in [6.07, 6.45) is 2.92. The molecule has 8 nitrogen and oxygen atoms in total. The van der Waals surface area contributed by atoms with E-state index in [1.54, 1.807) is 13.1 Å². The van der Waals surface area contributed by atoms with Crippen LogP contribution in [0.5, 0.6) is 0 Å². The lowest BCUT2D eigenvalue weighted by Crippen LogP contribution is -2.17. The van der Waals surface area contributed by atoms with E-state index in [9.17, 15) is 14.9 Å². The van der Waals surface area contributed by atoms with Crippen molar-refractivity contribution in [3.05, 3.63) is 39.8 Å². The topological polar surface area (TPSA) is 106 Å². The molecule has 2 N–H and O–H groups in total. The molecule has 1 amide bonds. The van der Waals surface area contributed by atoms with Gasteiger partial charge in [-0.2, -0.15) is 5.10 Å².